The Labute approximate surface area is 114 Å². The van der Waals surface area contributed by atoms with Gasteiger partial charge in [0, 0.05) is 6.42 Å². The molecule has 0 aliphatic heterocycles. The highest BCUT2D eigenvalue weighted by Crippen LogP contribution is 2.23. The van der Waals surface area contributed by atoms with Gasteiger partial charge in [-0.15, -0.1) is 11.3 Å². The maximum Gasteiger partial charge on any atom is 0.345 e. The highest BCUT2D eigenvalue weighted by atomic mass is 32.2. The Morgan fingerprint density at radius 2 is 2.11 bits per heavy atom. The maximum atomic E-state index is 11.6. The van der Waals surface area contributed by atoms with E-state index in [2.05, 4.69) is 9.46 Å². The van der Waals surface area contributed by atoms with E-state index in [9.17, 15) is 18.0 Å². The van der Waals surface area contributed by atoms with Crippen molar-refractivity contribution in [1.29, 1.82) is 0 Å². The van der Waals surface area contributed by atoms with Crippen molar-refractivity contribution in [2.24, 2.45) is 0 Å². The average Bonchev–Trinajstić information content (AvgIpc) is 2.76. The summed E-state index contributed by atoms with van der Waals surface area (Å²) in [5.41, 5.74) is 0. The van der Waals surface area contributed by atoms with Crippen LogP contribution in [0.4, 0.5) is 5.00 Å². The van der Waals surface area contributed by atoms with Crippen LogP contribution in [-0.4, -0.2) is 38.3 Å². The molecule has 0 aliphatic rings. The highest BCUT2D eigenvalue weighted by Gasteiger charge is 2.14. The van der Waals surface area contributed by atoms with Crippen LogP contribution in [0.15, 0.2) is 12.1 Å². The summed E-state index contributed by atoms with van der Waals surface area (Å²) in [5.74, 6) is -1.82. The number of hydrogen-bond acceptors (Lipinski definition) is 6. The number of carbonyl (C=O) groups is 2. The van der Waals surface area contributed by atoms with E-state index in [-0.39, 0.29) is 28.5 Å². The van der Waals surface area contributed by atoms with Crippen LogP contribution >= 0.6 is 11.3 Å². The molecule has 0 bridgehead atoms. The van der Waals surface area contributed by atoms with Crippen LogP contribution in [0.25, 0.3) is 0 Å². The molecule has 1 rings (SSSR count). The number of methoxy groups -OCH3 is 1. The summed E-state index contributed by atoms with van der Waals surface area (Å²) < 4.78 is 29.9. The third-order valence-electron chi connectivity index (χ3n) is 2.09. The van der Waals surface area contributed by atoms with E-state index < -0.39 is 22.0 Å². The van der Waals surface area contributed by atoms with Crippen molar-refractivity contribution in [3.8, 4) is 0 Å². The Hall–Kier alpha value is -1.61. The fourth-order valence-corrected chi connectivity index (χ4v) is 3.37. The Balaban J connectivity index is 2.54. The molecule has 106 valence electrons. The quantitative estimate of drug-likeness (QED) is 0.731. The van der Waals surface area contributed by atoms with Gasteiger partial charge in [0.15, 0.2) is 0 Å². The number of sulfonamides is 1. The van der Waals surface area contributed by atoms with Gasteiger partial charge in [0.2, 0.25) is 10.0 Å². The molecule has 0 spiro atoms. The standard InChI is InChI=1S/C10H13NO6S2/c1-17-9(12)3-2-6-19(15,16)11-8-5-4-7(18-8)10(13)14/h4-5,11H,2-3,6H2,1H3,(H,13,14). The smallest absolute Gasteiger partial charge is 0.345 e. The van der Waals surface area contributed by atoms with E-state index in [0.717, 1.165) is 11.3 Å². The molecule has 0 aromatic carbocycles. The zero-order valence-corrected chi connectivity index (χ0v) is 11.7. The Bertz CT molecular complexity index is 562. The molecule has 7 nitrogen and oxygen atoms in total. The molecule has 0 saturated heterocycles. The van der Waals surface area contributed by atoms with Gasteiger partial charge in [0.1, 0.15) is 9.88 Å². The van der Waals surface area contributed by atoms with Gasteiger partial charge in [-0.05, 0) is 18.6 Å². The van der Waals surface area contributed by atoms with Crippen LogP contribution in [0.1, 0.15) is 22.5 Å². The van der Waals surface area contributed by atoms with Crippen LogP contribution in [0.3, 0.4) is 0 Å². The normalized spacial score (nSPS) is 11.0. The van der Waals surface area contributed by atoms with Gasteiger partial charge in [-0.25, -0.2) is 13.2 Å². The third-order valence-corrected chi connectivity index (χ3v) is 4.57. The molecule has 0 unspecified atom stereocenters. The number of hydrogen-bond donors (Lipinski definition) is 2. The zero-order chi connectivity index (χ0) is 14.5. The van der Waals surface area contributed by atoms with Gasteiger partial charge in [0.25, 0.3) is 0 Å². The summed E-state index contributed by atoms with van der Waals surface area (Å²) in [4.78, 5) is 21.5. The van der Waals surface area contributed by atoms with Gasteiger partial charge in [-0.3, -0.25) is 9.52 Å². The minimum Gasteiger partial charge on any atom is -0.477 e. The second-order valence-corrected chi connectivity index (χ2v) is 6.50. The molecule has 2 N–H and O–H groups in total. The molecule has 1 aromatic rings. The van der Waals surface area contributed by atoms with Crippen LogP contribution in [0.5, 0.6) is 0 Å². The number of esters is 1. The van der Waals surface area contributed by atoms with Crippen LogP contribution < -0.4 is 4.72 Å². The summed E-state index contributed by atoms with van der Waals surface area (Å²) in [5, 5.41) is 8.94. The number of carboxylic acids is 1. The molecule has 9 heteroatoms. The first-order valence-electron chi connectivity index (χ1n) is 5.24. The van der Waals surface area contributed by atoms with Crippen molar-refractivity contribution >= 4 is 38.3 Å². The summed E-state index contributed by atoms with van der Waals surface area (Å²) in [6, 6.07) is 2.70. The molecular formula is C10H13NO6S2. The lowest BCUT2D eigenvalue weighted by Gasteiger charge is -2.05. The summed E-state index contributed by atoms with van der Waals surface area (Å²) >= 11 is 0.831. The van der Waals surface area contributed by atoms with Crippen molar-refractivity contribution in [1.82, 2.24) is 0 Å². The number of rotatable bonds is 7. The van der Waals surface area contributed by atoms with Gasteiger partial charge in [-0.1, -0.05) is 0 Å². The molecule has 1 aromatic heterocycles. The topological polar surface area (TPSA) is 110 Å². The lowest BCUT2D eigenvalue weighted by atomic mass is 10.3. The van der Waals surface area contributed by atoms with Gasteiger partial charge < -0.3 is 9.84 Å². The molecule has 1 heterocycles. The summed E-state index contributed by atoms with van der Waals surface area (Å²) in [6.45, 7) is 0. The number of thiophene rings is 1. The lowest BCUT2D eigenvalue weighted by Crippen LogP contribution is -2.17. The van der Waals surface area contributed by atoms with E-state index >= 15 is 0 Å². The van der Waals surface area contributed by atoms with Gasteiger partial charge >= 0.3 is 11.9 Å². The van der Waals surface area contributed by atoms with E-state index in [1.54, 1.807) is 0 Å². The second kappa shape index (κ2) is 6.53. The third kappa shape index (κ3) is 5.26. The number of anilines is 1. The minimum absolute atomic E-state index is 0.0161. The molecule has 19 heavy (non-hydrogen) atoms. The predicted molar refractivity (Wildman–Crippen MR) is 69.9 cm³/mol. The van der Waals surface area contributed by atoms with E-state index in [1.165, 1.54) is 19.2 Å². The largest absolute Gasteiger partial charge is 0.477 e. The Morgan fingerprint density at radius 3 is 2.63 bits per heavy atom. The second-order valence-electron chi connectivity index (χ2n) is 3.57. The number of ether oxygens (including phenoxy) is 1. The molecule has 0 saturated carbocycles. The van der Waals surface area contributed by atoms with Crippen molar-refractivity contribution in [2.45, 2.75) is 12.8 Å². The molecule has 0 amide bonds. The van der Waals surface area contributed by atoms with Crippen molar-refractivity contribution in [3.63, 3.8) is 0 Å². The van der Waals surface area contributed by atoms with Crippen LogP contribution in [0.2, 0.25) is 0 Å². The molecule has 0 fully saturated rings. The number of nitrogens with one attached hydrogen (secondary N) is 1. The van der Waals surface area contributed by atoms with E-state index in [0.29, 0.717) is 0 Å². The molecular weight excluding hydrogens is 294 g/mol. The minimum atomic E-state index is -3.59. The Morgan fingerprint density at radius 1 is 1.42 bits per heavy atom. The highest BCUT2D eigenvalue weighted by molar-refractivity contribution is 7.92. The fraction of sp³-hybridized carbons (Fsp3) is 0.400. The van der Waals surface area contributed by atoms with Gasteiger partial charge in [0.05, 0.1) is 12.9 Å². The fourth-order valence-electron chi connectivity index (χ4n) is 1.22. The average molecular weight is 307 g/mol. The molecule has 0 aliphatic carbocycles. The summed E-state index contributed by atoms with van der Waals surface area (Å²) in [7, 11) is -2.36. The molecule has 0 atom stereocenters. The van der Waals surface area contributed by atoms with Crippen molar-refractivity contribution < 1.29 is 27.9 Å². The van der Waals surface area contributed by atoms with Crippen molar-refractivity contribution in [3.05, 3.63) is 17.0 Å². The van der Waals surface area contributed by atoms with Crippen molar-refractivity contribution in [2.75, 3.05) is 17.6 Å². The monoisotopic (exact) mass is 307 g/mol. The summed E-state index contributed by atoms with van der Waals surface area (Å²) in [6.07, 6.45) is 0.154. The SMILES string of the molecule is COC(=O)CCCS(=O)(=O)Nc1ccc(C(=O)O)s1. The number of carbonyl (C=O) groups excluding carboxylic acids is 1. The van der Waals surface area contributed by atoms with Crippen LogP contribution in [0, 0.1) is 0 Å². The maximum absolute atomic E-state index is 11.6. The first-order valence-corrected chi connectivity index (χ1v) is 7.71. The predicted octanol–water partition coefficient (Wildman–Crippen LogP) is 1.14. The van der Waals surface area contributed by atoms with Gasteiger partial charge in [-0.2, -0.15) is 0 Å². The zero-order valence-electron chi connectivity index (χ0n) is 10.1. The number of carboxylic acid groups (broad SMARTS) is 1. The lowest BCUT2D eigenvalue weighted by molar-refractivity contribution is -0.140. The van der Waals surface area contributed by atoms with E-state index in [1.807, 2.05) is 0 Å². The first-order chi connectivity index (χ1) is 8.84. The van der Waals surface area contributed by atoms with Crippen LogP contribution in [-0.2, 0) is 19.6 Å². The Kier molecular flexibility index (Phi) is 5.31. The first kappa shape index (κ1) is 15.4. The molecule has 0 radical (unpaired) electrons. The number of aromatic carboxylic acids is 1. The van der Waals surface area contributed by atoms with E-state index in [4.69, 9.17) is 5.11 Å².